The monoisotopic (exact) mass is 456 g/mol. The van der Waals surface area contributed by atoms with Crippen molar-refractivity contribution in [1.82, 2.24) is 4.72 Å². The Labute approximate surface area is 189 Å². The second kappa shape index (κ2) is 8.88. The van der Waals surface area contributed by atoms with E-state index in [4.69, 9.17) is 4.74 Å². The fraction of sp³-hybridized carbons (Fsp3) is 0.333. The van der Waals surface area contributed by atoms with Crippen LogP contribution in [0.1, 0.15) is 30.5 Å². The molecule has 0 unspecified atom stereocenters. The van der Waals surface area contributed by atoms with Crippen molar-refractivity contribution in [1.29, 1.82) is 0 Å². The molecule has 0 bridgehead atoms. The number of ether oxygens (including phenoxy) is 1. The lowest BCUT2D eigenvalue weighted by atomic mass is 9.83. The van der Waals surface area contributed by atoms with Crippen molar-refractivity contribution in [2.45, 2.75) is 38.0 Å². The van der Waals surface area contributed by atoms with Crippen molar-refractivity contribution in [2.24, 2.45) is 0 Å². The molecule has 0 spiro atoms. The van der Waals surface area contributed by atoms with Gasteiger partial charge in [0.2, 0.25) is 10.0 Å². The van der Waals surface area contributed by atoms with Gasteiger partial charge in [0.25, 0.3) is 0 Å². The summed E-state index contributed by atoms with van der Waals surface area (Å²) in [5.74, 6) is -1.20. The molecule has 0 radical (unpaired) electrons. The molecule has 1 heterocycles. The number of nitrogens with zero attached hydrogens (tertiary/aromatic N) is 1. The van der Waals surface area contributed by atoms with Gasteiger partial charge >= 0.3 is 5.97 Å². The number of anilines is 1. The van der Waals surface area contributed by atoms with Crippen LogP contribution < -0.4 is 9.62 Å². The summed E-state index contributed by atoms with van der Waals surface area (Å²) >= 11 is 0. The normalized spacial score (nSPS) is 16.2. The number of ketones is 1. The summed E-state index contributed by atoms with van der Waals surface area (Å²) in [5, 5.41) is 0. The number of carbonyl (C=O) groups excluding carboxylic acids is 2. The second-order valence-electron chi connectivity index (χ2n) is 8.43. The molecular formula is C24H28N2O5S. The van der Waals surface area contributed by atoms with Crippen LogP contribution in [0.2, 0.25) is 0 Å². The Morgan fingerprint density at radius 3 is 2.44 bits per heavy atom. The van der Waals surface area contributed by atoms with Gasteiger partial charge < -0.3 is 9.64 Å². The van der Waals surface area contributed by atoms with Gasteiger partial charge in [-0.25, -0.2) is 8.42 Å². The molecule has 0 saturated carbocycles. The van der Waals surface area contributed by atoms with Crippen molar-refractivity contribution in [3.05, 3.63) is 70.9 Å². The number of rotatable bonds is 7. The highest BCUT2D eigenvalue weighted by Crippen LogP contribution is 2.46. The van der Waals surface area contributed by atoms with Crippen LogP contribution in [0.15, 0.2) is 59.1 Å². The number of sulfonamides is 1. The lowest BCUT2D eigenvalue weighted by molar-refractivity contribution is -0.145. The predicted octanol–water partition coefficient (Wildman–Crippen LogP) is 3.01. The van der Waals surface area contributed by atoms with Gasteiger partial charge in [-0.3, -0.25) is 9.59 Å². The summed E-state index contributed by atoms with van der Waals surface area (Å²) in [6.45, 7) is 6.73. The van der Waals surface area contributed by atoms with E-state index in [-0.39, 0.29) is 16.1 Å². The first kappa shape index (κ1) is 23.7. The number of para-hydroxylation sites is 1. The lowest BCUT2D eigenvalue weighted by Crippen LogP contribution is -2.31. The Balaban J connectivity index is 1.58. The fourth-order valence-electron chi connectivity index (χ4n) is 3.77. The quantitative estimate of drug-likeness (QED) is 0.509. The molecule has 0 atom stereocenters. The highest BCUT2D eigenvalue weighted by atomic mass is 32.2. The van der Waals surface area contributed by atoms with E-state index in [0.29, 0.717) is 0 Å². The van der Waals surface area contributed by atoms with Gasteiger partial charge in [-0.05, 0) is 48.7 Å². The van der Waals surface area contributed by atoms with Gasteiger partial charge in [0.1, 0.15) is 6.54 Å². The first-order valence-corrected chi connectivity index (χ1v) is 11.7. The summed E-state index contributed by atoms with van der Waals surface area (Å²) in [5.41, 5.74) is 4.36. The number of hydrogen-bond acceptors (Lipinski definition) is 6. The number of benzene rings is 2. The third-order valence-electron chi connectivity index (χ3n) is 5.81. The van der Waals surface area contributed by atoms with Gasteiger partial charge in [0, 0.05) is 29.9 Å². The molecule has 0 aliphatic carbocycles. The molecule has 32 heavy (non-hydrogen) atoms. The van der Waals surface area contributed by atoms with Gasteiger partial charge in [-0.2, -0.15) is 4.72 Å². The summed E-state index contributed by atoms with van der Waals surface area (Å²) < 4.78 is 32.0. The summed E-state index contributed by atoms with van der Waals surface area (Å²) in [6.07, 6.45) is 1.48. The number of likely N-dealkylation sites (N-methyl/N-ethyl adjacent to an activating group) is 1. The zero-order valence-electron chi connectivity index (χ0n) is 18.9. The number of hydrogen-bond donors (Lipinski definition) is 1. The minimum atomic E-state index is -3.86. The van der Waals surface area contributed by atoms with Crippen molar-refractivity contribution in [3.8, 4) is 0 Å². The second-order valence-corrected chi connectivity index (χ2v) is 10.2. The maximum atomic E-state index is 12.5. The number of aryl methyl sites for hydroxylation is 2. The Kier molecular flexibility index (Phi) is 6.57. The molecule has 1 aliphatic heterocycles. The van der Waals surface area contributed by atoms with Crippen LogP contribution in [-0.4, -0.2) is 40.4 Å². The van der Waals surface area contributed by atoms with Gasteiger partial charge in [0.15, 0.2) is 12.4 Å². The Morgan fingerprint density at radius 2 is 1.78 bits per heavy atom. The third-order valence-corrected chi connectivity index (χ3v) is 7.21. The maximum Gasteiger partial charge on any atom is 0.321 e. The summed E-state index contributed by atoms with van der Waals surface area (Å²) in [7, 11) is -1.97. The molecule has 8 heteroatoms. The standard InChI is InChI=1S/C24H28N2O5S/c1-16-10-11-19(12-17(16)2)32(29,30)25-14-23(28)31-15-18(27)13-22-24(3,4)20-8-6-7-9-21(20)26(22)5/h6-13,25H,14-15H2,1-5H3. The molecule has 0 amide bonds. The summed E-state index contributed by atoms with van der Waals surface area (Å²) in [6, 6.07) is 12.6. The van der Waals surface area contributed by atoms with E-state index in [0.717, 1.165) is 28.1 Å². The molecule has 7 nitrogen and oxygen atoms in total. The maximum absolute atomic E-state index is 12.5. The van der Waals surface area contributed by atoms with Crippen molar-refractivity contribution < 1.29 is 22.7 Å². The Hall–Kier alpha value is -2.97. The number of esters is 1. The highest BCUT2D eigenvalue weighted by molar-refractivity contribution is 7.89. The average Bonchev–Trinajstić information content (AvgIpc) is 2.93. The number of allylic oxidation sites excluding steroid dienone is 1. The number of fused-ring (bicyclic) bond motifs is 1. The molecule has 3 rings (SSSR count). The zero-order valence-corrected chi connectivity index (χ0v) is 19.7. The average molecular weight is 457 g/mol. The van der Waals surface area contributed by atoms with Crippen LogP contribution >= 0.6 is 0 Å². The van der Waals surface area contributed by atoms with E-state index in [9.17, 15) is 18.0 Å². The highest BCUT2D eigenvalue weighted by Gasteiger charge is 2.38. The van der Waals surface area contributed by atoms with Gasteiger partial charge in [0.05, 0.1) is 4.90 Å². The minimum absolute atomic E-state index is 0.0697. The lowest BCUT2D eigenvalue weighted by Gasteiger charge is -2.23. The smallest absolute Gasteiger partial charge is 0.321 e. The fourth-order valence-corrected chi connectivity index (χ4v) is 4.83. The topological polar surface area (TPSA) is 92.8 Å². The third kappa shape index (κ3) is 4.76. The van der Waals surface area contributed by atoms with Crippen molar-refractivity contribution in [2.75, 3.05) is 25.1 Å². The molecule has 1 N–H and O–H groups in total. The van der Waals surface area contributed by atoms with E-state index in [1.54, 1.807) is 6.07 Å². The first-order chi connectivity index (χ1) is 14.9. The molecular weight excluding hydrogens is 428 g/mol. The van der Waals surface area contributed by atoms with E-state index in [1.807, 2.05) is 63.9 Å². The Morgan fingerprint density at radius 1 is 1.09 bits per heavy atom. The number of nitrogens with one attached hydrogen (secondary N) is 1. The van der Waals surface area contributed by atoms with E-state index in [2.05, 4.69) is 4.72 Å². The van der Waals surface area contributed by atoms with Crippen LogP contribution in [0.5, 0.6) is 0 Å². The number of carbonyl (C=O) groups is 2. The van der Waals surface area contributed by atoms with Crippen LogP contribution in [0.3, 0.4) is 0 Å². The molecule has 2 aromatic carbocycles. The molecule has 0 fully saturated rings. The van der Waals surface area contributed by atoms with Gasteiger partial charge in [-0.15, -0.1) is 0 Å². The largest absolute Gasteiger partial charge is 0.456 e. The molecule has 0 saturated heterocycles. The van der Waals surface area contributed by atoms with Gasteiger partial charge in [-0.1, -0.05) is 38.1 Å². The molecule has 2 aromatic rings. The van der Waals surface area contributed by atoms with E-state index >= 15 is 0 Å². The van der Waals surface area contributed by atoms with E-state index in [1.165, 1.54) is 18.2 Å². The first-order valence-electron chi connectivity index (χ1n) is 10.2. The van der Waals surface area contributed by atoms with Crippen LogP contribution in [0, 0.1) is 13.8 Å². The van der Waals surface area contributed by atoms with Crippen molar-refractivity contribution in [3.63, 3.8) is 0 Å². The zero-order chi connectivity index (χ0) is 23.7. The van der Waals surface area contributed by atoms with E-state index < -0.39 is 29.1 Å². The Bertz CT molecular complexity index is 1200. The molecule has 0 aromatic heterocycles. The minimum Gasteiger partial charge on any atom is -0.456 e. The predicted molar refractivity (Wildman–Crippen MR) is 123 cm³/mol. The van der Waals surface area contributed by atoms with Crippen LogP contribution in [0.4, 0.5) is 5.69 Å². The van der Waals surface area contributed by atoms with Crippen molar-refractivity contribution >= 4 is 27.5 Å². The van der Waals surface area contributed by atoms with Crippen LogP contribution in [0.25, 0.3) is 0 Å². The summed E-state index contributed by atoms with van der Waals surface area (Å²) in [4.78, 5) is 26.5. The molecule has 1 aliphatic rings. The molecule has 170 valence electrons. The SMILES string of the molecule is Cc1ccc(S(=O)(=O)NCC(=O)OCC(=O)C=C2N(C)c3ccccc3C2(C)C)cc1C. The van der Waals surface area contributed by atoms with Crippen LogP contribution in [-0.2, 0) is 29.8 Å².